The van der Waals surface area contributed by atoms with Crippen LogP contribution < -0.4 is 5.56 Å². The molecule has 0 unspecified atom stereocenters. The molecular weight excluding hydrogens is 417 g/mol. The SMILES string of the molecule is O=C1c2cc(F)ccc2-c2c1c1ccc([N+](=O)[O-])cc1c(=O)n2CCCN1CCOCC1. The van der Waals surface area contributed by atoms with Gasteiger partial charge in [0.15, 0.2) is 5.78 Å². The molecule has 0 radical (unpaired) electrons. The van der Waals surface area contributed by atoms with Crippen molar-refractivity contribution < 1.29 is 18.8 Å². The number of non-ortho nitro benzene ring substituents is 1. The van der Waals surface area contributed by atoms with Crippen molar-refractivity contribution in [3.8, 4) is 11.3 Å². The second-order valence-corrected chi connectivity index (χ2v) is 7.99. The number of pyridine rings is 1. The van der Waals surface area contributed by atoms with Crippen LogP contribution in [0.5, 0.6) is 0 Å². The zero-order chi connectivity index (χ0) is 22.4. The highest BCUT2D eigenvalue weighted by Crippen LogP contribution is 2.40. The molecule has 5 rings (SSSR count). The highest BCUT2D eigenvalue weighted by atomic mass is 19.1. The van der Waals surface area contributed by atoms with Gasteiger partial charge in [-0.1, -0.05) is 0 Å². The maximum absolute atomic E-state index is 13.9. The largest absolute Gasteiger partial charge is 0.379 e. The van der Waals surface area contributed by atoms with Gasteiger partial charge in [-0.25, -0.2) is 4.39 Å². The zero-order valence-corrected chi connectivity index (χ0v) is 17.2. The number of carbonyl (C=O) groups is 1. The number of nitro groups is 1. The number of fused-ring (bicyclic) bond motifs is 5. The number of benzene rings is 2. The molecule has 0 amide bonds. The summed E-state index contributed by atoms with van der Waals surface area (Å²) in [5, 5.41) is 11.7. The Kier molecular flexibility index (Phi) is 5.07. The number of nitrogens with zero attached hydrogens (tertiary/aromatic N) is 3. The van der Waals surface area contributed by atoms with E-state index < -0.39 is 16.3 Å². The predicted octanol–water partition coefficient (Wildman–Crippen LogP) is 2.98. The van der Waals surface area contributed by atoms with Crippen molar-refractivity contribution in [2.24, 2.45) is 0 Å². The van der Waals surface area contributed by atoms with Gasteiger partial charge in [0, 0.05) is 54.8 Å². The Balaban J connectivity index is 1.65. The number of rotatable bonds is 5. The molecule has 1 saturated heterocycles. The minimum Gasteiger partial charge on any atom is -0.379 e. The van der Waals surface area contributed by atoms with E-state index >= 15 is 0 Å². The highest BCUT2D eigenvalue weighted by Gasteiger charge is 2.33. The number of hydrogen-bond donors (Lipinski definition) is 0. The minimum atomic E-state index is -0.569. The lowest BCUT2D eigenvalue weighted by atomic mass is 10.0. The van der Waals surface area contributed by atoms with E-state index in [4.69, 9.17) is 4.74 Å². The van der Waals surface area contributed by atoms with Gasteiger partial charge >= 0.3 is 0 Å². The van der Waals surface area contributed by atoms with Gasteiger partial charge in [-0.3, -0.25) is 24.6 Å². The third-order valence-corrected chi connectivity index (χ3v) is 6.13. The summed E-state index contributed by atoms with van der Waals surface area (Å²) in [4.78, 5) is 39.6. The van der Waals surface area contributed by atoms with Crippen LogP contribution in [0.4, 0.5) is 10.1 Å². The van der Waals surface area contributed by atoms with E-state index in [0.717, 1.165) is 19.6 Å². The van der Waals surface area contributed by atoms with Gasteiger partial charge in [0.1, 0.15) is 5.82 Å². The fourth-order valence-electron chi connectivity index (χ4n) is 4.60. The van der Waals surface area contributed by atoms with Crippen LogP contribution in [0.3, 0.4) is 0 Å². The molecule has 164 valence electrons. The molecule has 2 aromatic carbocycles. The first-order valence-corrected chi connectivity index (χ1v) is 10.5. The van der Waals surface area contributed by atoms with E-state index in [-0.39, 0.29) is 22.4 Å². The third kappa shape index (κ3) is 3.30. The summed E-state index contributed by atoms with van der Waals surface area (Å²) < 4.78 is 20.8. The molecule has 32 heavy (non-hydrogen) atoms. The molecular formula is C23H20FN3O5. The Morgan fingerprint density at radius 2 is 1.78 bits per heavy atom. The van der Waals surface area contributed by atoms with E-state index in [9.17, 15) is 24.1 Å². The average molecular weight is 437 g/mol. The van der Waals surface area contributed by atoms with E-state index in [2.05, 4.69) is 4.90 Å². The van der Waals surface area contributed by atoms with Crippen molar-refractivity contribution in [2.75, 3.05) is 32.8 Å². The van der Waals surface area contributed by atoms with Crippen molar-refractivity contribution in [1.82, 2.24) is 9.47 Å². The molecule has 0 saturated carbocycles. The monoisotopic (exact) mass is 437 g/mol. The average Bonchev–Trinajstić information content (AvgIpc) is 3.08. The minimum absolute atomic E-state index is 0.117. The Morgan fingerprint density at radius 3 is 2.53 bits per heavy atom. The highest BCUT2D eigenvalue weighted by molar-refractivity contribution is 6.26. The van der Waals surface area contributed by atoms with Crippen molar-refractivity contribution in [2.45, 2.75) is 13.0 Å². The molecule has 9 heteroatoms. The molecule has 0 spiro atoms. The molecule has 1 aliphatic carbocycles. The van der Waals surface area contributed by atoms with Gasteiger partial charge in [-0.2, -0.15) is 0 Å². The van der Waals surface area contributed by atoms with Crippen LogP contribution in [-0.2, 0) is 11.3 Å². The molecule has 0 N–H and O–H groups in total. The van der Waals surface area contributed by atoms with Gasteiger partial charge in [-0.15, -0.1) is 0 Å². The Hall–Kier alpha value is -3.43. The van der Waals surface area contributed by atoms with Crippen LogP contribution in [0.1, 0.15) is 22.3 Å². The Morgan fingerprint density at radius 1 is 1.00 bits per heavy atom. The first kappa shape index (κ1) is 20.5. The van der Waals surface area contributed by atoms with Gasteiger partial charge in [0.05, 0.1) is 34.8 Å². The molecule has 1 aromatic heterocycles. The molecule has 2 heterocycles. The van der Waals surface area contributed by atoms with E-state index in [1.807, 2.05) is 0 Å². The van der Waals surface area contributed by atoms with Gasteiger partial charge in [0.25, 0.3) is 11.2 Å². The van der Waals surface area contributed by atoms with Crippen LogP contribution in [0.15, 0.2) is 41.2 Å². The van der Waals surface area contributed by atoms with E-state index in [1.165, 1.54) is 41.0 Å². The fourth-order valence-corrected chi connectivity index (χ4v) is 4.60. The van der Waals surface area contributed by atoms with Crippen LogP contribution in [0.25, 0.3) is 22.0 Å². The molecule has 1 fully saturated rings. The summed E-state index contributed by atoms with van der Waals surface area (Å²) in [5.74, 6) is -0.915. The third-order valence-electron chi connectivity index (χ3n) is 6.13. The number of ketones is 1. The topological polar surface area (TPSA) is 94.7 Å². The van der Waals surface area contributed by atoms with Crippen molar-refractivity contribution >= 4 is 22.2 Å². The summed E-state index contributed by atoms with van der Waals surface area (Å²) >= 11 is 0. The second kappa shape index (κ2) is 7.92. The summed E-state index contributed by atoms with van der Waals surface area (Å²) in [6.07, 6.45) is 0.650. The van der Waals surface area contributed by atoms with Gasteiger partial charge in [0.2, 0.25) is 0 Å². The van der Waals surface area contributed by atoms with Crippen molar-refractivity contribution in [3.05, 3.63) is 73.8 Å². The molecule has 2 aliphatic rings. The predicted molar refractivity (Wildman–Crippen MR) is 116 cm³/mol. The first-order chi connectivity index (χ1) is 15.5. The van der Waals surface area contributed by atoms with Gasteiger partial charge in [-0.05, 0) is 30.7 Å². The second-order valence-electron chi connectivity index (χ2n) is 7.99. The van der Waals surface area contributed by atoms with Crippen LogP contribution >= 0.6 is 0 Å². The fraction of sp³-hybridized carbons (Fsp3) is 0.304. The summed E-state index contributed by atoms with van der Waals surface area (Å²) in [5.41, 5.74) is 0.847. The van der Waals surface area contributed by atoms with Crippen molar-refractivity contribution in [1.29, 1.82) is 0 Å². The maximum atomic E-state index is 13.9. The number of hydrogen-bond acceptors (Lipinski definition) is 6. The van der Waals surface area contributed by atoms with E-state index in [1.54, 1.807) is 0 Å². The Labute approximate surface area is 182 Å². The molecule has 8 nitrogen and oxygen atoms in total. The van der Waals surface area contributed by atoms with Gasteiger partial charge < -0.3 is 9.30 Å². The van der Waals surface area contributed by atoms with Crippen molar-refractivity contribution in [3.63, 3.8) is 0 Å². The van der Waals surface area contributed by atoms with Crippen LogP contribution in [0.2, 0.25) is 0 Å². The Bertz CT molecular complexity index is 1330. The number of halogens is 1. The zero-order valence-electron chi connectivity index (χ0n) is 17.2. The number of aromatic nitrogens is 1. The summed E-state index contributed by atoms with van der Waals surface area (Å²) in [6.45, 7) is 4.06. The lowest BCUT2D eigenvalue weighted by molar-refractivity contribution is -0.384. The molecule has 0 bridgehead atoms. The summed E-state index contributed by atoms with van der Waals surface area (Å²) in [7, 11) is 0. The summed E-state index contributed by atoms with van der Waals surface area (Å²) in [6, 6.07) is 7.89. The quantitative estimate of drug-likeness (QED) is 0.352. The molecule has 1 aliphatic heterocycles. The van der Waals surface area contributed by atoms with Crippen LogP contribution in [-0.4, -0.2) is 53.0 Å². The molecule has 0 atom stereocenters. The smallest absolute Gasteiger partial charge is 0.270 e. The maximum Gasteiger partial charge on any atom is 0.270 e. The number of morpholine rings is 1. The lowest BCUT2D eigenvalue weighted by Crippen LogP contribution is -2.37. The molecule has 3 aromatic rings. The van der Waals surface area contributed by atoms with E-state index in [0.29, 0.717) is 48.4 Å². The first-order valence-electron chi connectivity index (χ1n) is 10.5. The standard InChI is InChI=1S/C23H20FN3O5/c24-14-2-4-17-18(12-14)22(28)20-16-5-3-15(27(30)31)13-19(16)23(29)26(21(17)20)7-1-6-25-8-10-32-11-9-25/h2-5,12-13H,1,6-11H2. The normalized spacial score (nSPS) is 15.7. The van der Waals surface area contributed by atoms with Crippen LogP contribution in [0, 0.1) is 15.9 Å². The number of ether oxygens (including phenoxy) is 1. The number of nitro benzene ring substituents is 1. The number of carbonyl (C=O) groups excluding carboxylic acids is 1. The lowest BCUT2D eigenvalue weighted by Gasteiger charge is -2.26.